The Bertz CT molecular complexity index is 510. The van der Waals surface area contributed by atoms with Crippen LogP contribution in [0.3, 0.4) is 0 Å². The highest BCUT2D eigenvalue weighted by Crippen LogP contribution is 2.37. The normalized spacial score (nSPS) is 10.5. The van der Waals surface area contributed by atoms with Crippen molar-refractivity contribution in [1.82, 2.24) is 9.97 Å². The van der Waals surface area contributed by atoms with E-state index in [4.69, 9.17) is 0 Å². The van der Waals surface area contributed by atoms with Gasteiger partial charge in [0.15, 0.2) is 5.82 Å². The van der Waals surface area contributed by atoms with E-state index in [-0.39, 0.29) is 0 Å². The summed E-state index contributed by atoms with van der Waals surface area (Å²) in [4.78, 5) is 9.81. The number of aromatic nitrogens is 2. The van der Waals surface area contributed by atoms with Gasteiger partial charge in [0, 0.05) is 17.7 Å². The van der Waals surface area contributed by atoms with Crippen molar-refractivity contribution < 1.29 is 0 Å². The van der Waals surface area contributed by atoms with E-state index in [0.29, 0.717) is 0 Å². The zero-order valence-corrected chi connectivity index (χ0v) is 14.2. The first-order valence-electron chi connectivity index (χ1n) is 4.27. The third-order valence-corrected chi connectivity index (χ3v) is 5.89. The van der Waals surface area contributed by atoms with Crippen LogP contribution in [0.25, 0.3) is 10.7 Å². The van der Waals surface area contributed by atoms with Crippen molar-refractivity contribution >= 4 is 71.6 Å². The van der Waals surface area contributed by atoms with Gasteiger partial charge in [-0.05, 0) is 60.5 Å². The van der Waals surface area contributed by atoms with Gasteiger partial charge in [-0.25, -0.2) is 9.97 Å². The van der Waals surface area contributed by atoms with Gasteiger partial charge < -0.3 is 5.32 Å². The Balaban J connectivity index is 2.48. The molecule has 0 spiro atoms. The van der Waals surface area contributed by atoms with Gasteiger partial charge in [0.2, 0.25) is 0 Å². The van der Waals surface area contributed by atoms with Crippen LogP contribution >= 0.6 is 65.8 Å². The molecule has 84 valence electrons. The van der Waals surface area contributed by atoms with Crippen molar-refractivity contribution in [2.75, 3.05) is 12.4 Å². The van der Waals surface area contributed by atoms with E-state index in [9.17, 15) is 0 Å². The summed E-state index contributed by atoms with van der Waals surface area (Å²) in [5.74, 6) is 1.59. The molecule has 0 saturated carbocycles. The predicted molar refractivity (Wildman–Crippen MR) is 83.0 cm³/mol. The second kappa shape index (κ2) is 5.28. The lowest BCUT2D eigenvalue weighted by molar-refractivity contribution is 1.16. The molecule has 0 atom stereocenters. The molecule has 0 saturated heterocycles. The minimum Gasteiger partial charge on any atom is -0.372 e. The van der Waals surface area contributed by atoms with Gasteiger partial charge in [-0.2, -0.15) is 0 Å². The van der Waals surface area contributed by atoms with Crippen molar-refractivity contribution in [3.8, 4) is 10.7 Å². The molecule has 2 rings (SSSR count). The summed E-state index contributed by atoms with van der Waals surface area (Å²) < 4.78 is 3.09. The van der Waals surface area contributed by atoms with Crippen molar-refractivity contribution in [3.63, 3.8) is 0 Å². The molecule has 2 aromatic heterocycles. The third-order valence-electron chi connectivity index (χ3n) is 1.85. The Kier molecular flexibility index (Phi) is 4.20. The van der Waals surface area contributed by atoms with Crippen LogP contribution in [0.15, 0.2) is 20.5 Å². The van der Waals surface area contributed by atoms with E-state index < -0.39 is 0 Å². The first-order chi connectivity index (χ1) is 7.61. The average molecular weight is 475 g/mol. The van der Waals surface area contributed by atoms with Crippen molar-refractivity contribution in [1.29, 1.82) is 0 Å². The molecule has 16 heavy (non-hydrogen) atoms. The van der Waals surface area contributed by atoms with Crippen LogP contribution in [-0.4, -0.2) is 17.0 Å². The Labute approximate surface area is 127 Å². The van der Waals surface area contributed by atoms with Crippen LogP contribution in [0.4, 0.5) is 5.82 Å². The number of hydrogen-bond donors (Lipinski definition) is 1. The number of thiophene rings is 1. The van der Waals surface area contributed by atoms with Gasteiger partial charge in [0.05, 0.1) is 12.2 Å². The van der Waals surface area contributed by atoms with Crippen LogP contribution in [0.1, 0.15) is 0 Å². The molecule has 0 aliphatic rings. The molecule has 1 N–H and O–H groups in total. The minimum absolute atomic E-state index is 0.737. The fraction of sp³-hybridized carbons (Fsp3) is 0.111. The summed E-state index contributed by atoms with van der Waals surface area (Å²) in [5, 5.41) is 3.05. The van der Waals surface area contributed by atoms with Gasteiger partial charge in [0.1, 0.15) is 5.82 Å². The summed E-state index contributed by atoms with van der Waals surface area (Å²) in [7, 11) is 1.86. The van der Waals surface area contributed by atoms with E-state index >= 15 is 0 Å². The molecule has 0 radical (unpaired) electrons. The van der Waals surface area contributed by atoms with Gasteiger partial charge >= 0.3 is 0 Å². The molecule has 0 aliphatic heterocycles. The Morgan fingerprint density at radius 1 is 1.44 bits per heavy atom. The standard InChI is InChI=1S/C9H6Br2IN3S/c1-13-8-5(12)3-14-9(15-8)6-2-4(10)7(11)16-6/h2-3H,1H3,(H,13,14,15). The van der Waals surface area contributed by atoms with Crippen LogP contribution < -0.4 is 5.32 Å². The lowest BCUT2D eigenvalue weighted by Crippen LogP contribution is -1.98. The SMILES string of the molecule is CNc1nc(-c2cc(Br)c(Br)s2)ncc1I. The molecule has 0 amide bonds. The minimum atomic E-state index is 0.737. The van der Waals surface area contributed by atoms with E-state index in [1.54, 1.807) is 11.3 Å². The molecule has 0 bridgehead atoms. The number of rotatable bonds is 2. The average Bonchev–Trinajstić information content (AvgIpc) is 2.60. The number of nitrogens with zero attached hydrogens (tertiary/aromatic N) is 2. The number of anilines is 1. The highest BCUT2D eigenvalue weighted by molar-refractivity contribution is 14.1. The molecule has 0 unspecified atom stereocenters. The summed E-state index contributed by atoms with van der Waals surface area (Å²) in [6.07, 6.45) is 1.82. The molecule has 7 heteroatoms. The zero-order chi connectivity index (χ0) is 11.7. The van der Waals surface area contributed by atoms with Crippen LogP contribution in [0, 0.1) is 3.57 Å². The Morgan fingerprint density at radius 2 is 2.19 bits per heavy atom. The fourth-order valence-electron chi connectivity index (χ4n) is 1.12. The largest absolute Gasteiger partial charge is 0.372 e. The predicted octanol–water partition coefficient (Wildman–Crippen LogP) is 4.38. The first-order valence-corrected chi connectivity index (χ1v) is 7.75. The highest BCUT2D eigenvalue weighted by Gasteiger charge is 2.10. The monoisotopic (exact) mass is 473 g/mol. The topological polar surface area (TPSA) is 37.8 Å². The molecular formula is C9H6Br2IN3S. The van der Waals surface area contributed by atoms with E-state index in [0.717, 1.165) is 28.3 Å². The van der Waals surface area contributed by atoms with Gasteiger partial charge in [-0.1, -0.05) is 0 Å². The molecule has 0 fully saturated rings. The van der Waals surface area contributed by atoms with Crippen molar-refractivity contribution in [2.24, 2.45) is 0 Å². The number of hydrogen-bond acceptors (Lipinski definition) is 4. The van der Waals surface area contributed by atoms with Gasteiger partial charge in [0.25, 0.3) is 0 Å². The first kappa shape index (κ1) is 12.7. The van der Waals surface area contributed by atoms with Gasteiger partial charge in [-0.3, -0.25) is 0 Å². The Morgan fingerprint density at radius 3 is 2.75 bits per heavy atom. The Hall–Kier alpha value is 0.270. The van der Waals surface area contributed by atoms with Crippen LogP contribution in [-0.2, 0) is 0 Å². The number of halogens is 3. The van der Waals surface area contributed by atoms with E-state index in [2.05, 4.69) is 69.7 Å². The van der Waals surface area contributed by atoms with Gasteiger partial charge in [-0.15, -0.1) is 11.3 Å². The molecule has 0 aromatic carbocycles. The second-order valence-electron chi connectivity index (χ2n) is 2.87. The van der Waals surface area contributed by atoms with Crippen molar-refractivity contribution in [2.45, 2.75) is 0 Å². The number of nitrogens with one attached hydrogen (secondary N) is 1. The quantitative estimate of drug-likeness (QED) is 0.657. The summed E-state index contributed by atoms with van der Waals surface area (Å²) in [5.41, 5.74) is 0. The smallest absolute Gasteiger partial charge is 0.171 e. The summed E-state index contributed by atoms with van der Waals surface area (Å²) >= 11 is 10.7. The second-order valence-corrected chi connectivity index (χ2v) is 7.26. The van der Waals surface area contributed by atoms with Crippen LogP contribution in [0.2, 0.25) is 0 Å². The van der Waals surface area contributed by atoms with Crippen LogP contribution in [0.5, 0.6) is 0 Å². The summed E-state index contributed by atoms with van der Waals surface area (Å²) in [6, 6.07) is 2.01. The highest BCUT2D eigenvalue weighted by atomic mass is 127. The lowest BCUT2D eigenvalue weighted by atomic mass is 10.4. The van der Waals surface area contributed by atoms with Crippen molar-refractivity contribution in [3.05, 3.63) is 24.1 Å². The van der Waals surface area contributed by atoms with E-state index in [1.165, 1.54) is 0 Å². The molecule has 0 aliphatic carbocycles. The summed E-state index contributed by atoms with van der Waals surface area (Å²) in [6.45, 7) is 0. The zero-order valence-electron chi connectivity index (χ0n) is 8.09. The third kappa shape index (κ3) is 2.57. The lowest BCUT2D eigenvalue weighted by Gasteiger charge is -2.03. The maximum atomic E-state index is 4.45. The fourth-order valence-corrected chi connectivity index (χ4v) is 3.62. The molecular weight excluding hydrogens is 469 g/mol. The maximum absolute atomic E-state index is 4.45. The molecule has 2 aromatic rings. The van der Waals surface area contributed by atoms with E-state index in [1.807, 2.05) is 19.3 Å². The maximum Gasteiger partial charge on any atom is 0.171 e. The molecule has 3 nitrogen and oxygen atoms in total. The molecule has 2 heterocycles.